The fourth-order valence-electron chi connectivity index (χ4n) is 9.46. The third kappa shape index (κ3) is 16.0. The topological polar surface area (TPSA) is 120 Å². The molecule has 2 aliphatic rings. The molecule has 0 amide bonds. The zero-order valence-electron chi connectivity index (χ0n) is 47.1. The third-order valence-corrected chi connectivity index (χ3v) is 12.9. The zero-order chi connectivity index (χ0) is 57.2. The van der Waals surface area contributed by atoms with Crippen molar-refractivity contribution in [1.29, 1.82) is 5.26 Å². The first-order valence-electron chi connectivity index (χ1n) is 26.5. The number of aromatic nitrogens is 2. The van der Waals surface area contributed by atoms with E-state index in [0.29, 0.717) is 11.3 Å². The Morgan fingerprint density at radius 3 is 1.26 bits per heavy atom. The fraction of sp³-hybridized carbons (Fsp3) is 0.0857. The Balaban J connectivity index is 0.000000165. The minimum Gasteiger partial charge on any atom is -0.478 e. The van der Waals surface area contributed by atoms with Gasteiger partial charge < -0.3 is 40.2 Å². The van der Waals surface area contributed by atoms with Crippen molar-refractivity contribution in [3.05, 3.63) is 305 Å². The number of rotatable bonds is 10. The number of benzene rings is 8. The number of aliphatic imine (C=N–C) groups is 2. The maximum Gasteiger partial charge on any atom is 0.207 e. The van der Waals surface area contributed by atoms with Crippen molar-refractivity contribution in [2.24, 2.45) is 9.98 Å². The standard InChI is InChI=1S/2C22H18N4.2C13H11N2.2Pt/c1-15-10-16(2)21(17(3)11-15)26-14-25(19-8-6-5-7-9-19)22-20(26)12-18(23-4)13-24-22;1-15-9-16(2)21(17(3)10-15)26-14-25(19-7-5-4-6-8-19)22-20(26)11-18(12-23)13-24-22;2*1-3-7-12(8-4-1)14-11-15-13-9-5-2-6-10-13;;/h5-8,10-14H,1-3H3;4-7,9-11,13-14H,1-3H3;2*1-11H;;/q2*-2;2*-1;;. The van der Waals surface area contributed by atoms with Gasteiger partial charge in [-0.25, -0.2) is 9.83 Å². The molecule has 4 heterocycles. The molecule has 0 bridgehead atoms. The van der Waals surface area contributed by atoms with Crippen LogP contribution in [0.3, 0.4) is 0 Å². The maximum atomic E-state index is 9.32. The predicted octanol–water partition coefficient (Wildman–Crippen LogP) is 19.0. The van der Waals surface area contributed by atoms with E-state index in [-0.39, 0.29) is 42.1 Å². The van der Waals surface area contributed by atoms with Crippen LogP contribution in [0.25, 0.3) is 15.5 Å². The van der Waals surface area contributed by atoms with E-state index in [1.165, 1.54) is 33.4 Å². The van der Waals surface area contributed by atoms with Gasteiger partial charge in [-0.2, -0.15) is 65.9 Å². The minimum absolute atomic E-state index is 0. The molecular weight excluding hydrogens is 1400 g/mol. The Kier molecular flexibility index (Phi) is 22.6. The van der Waals surface area contributed by atoms with Crippen LogP contribution in [-0.2, 0) is 42.1 Å². The van der Waals surface area contributed by atoms with Gasteiger partial charge in [0.25, 0.3) is 0 Å². The summed E-state index contributed by atoms with van der Waals surface area (Å²) in [5, 5.41) is 17.7. The largest absolute Gasteiger partial charge is 0.478 e. The molecule has 0 radical (unpaired) electrons. The van der Waals surface area contributed by atoms with Crippen molar-refractivity contribution in [3.8, 4) is 6.07 Å². The first-order chi connectivity index (χ1) is 40.1. The maximum absolute atomic E-state index is 9.32. The molecule has 0 spiro atoms. The van der Waals surface area contributed by atoms with E-state index in [2.05, 4.69) is 129 Å². The first kappa shape index (κ1) is 62.2. The van der Waals surface area contributed by atoms with Crippen LogP contribution in [0.4, 0.5) is 74.2 Å². The van der Waals surface area contributed by atoms with Crippen molar-refractivity contribution in [2.75, 3.05) is 19.6 Å². The number of anilines is 8. The molecule has 0 atom stereocenters. The summed E-state index contributed by atoms with van der Waals surface area (Å²) >= 11 is 0. The second-order valence-electron chi connectivity index (χ2n) is 19.1. The van der Waals surface area contributed by atoms with Gasteiger partial charge in [-0.1, -0.05) is 169 Å². The molecule has 12 rings (SSSR count). The van der Waals surface area contributed by atoms with Crippen LogP contribution in [0.2, 0.25) is 0 Å². The van der Waals surface area contributed by atoms with E-state index < -0.39 is 0 Å². The molecule has 0 fully saturated rings. The summed E-state index contributed by atoms with van der Waals surface area (Å²) in [6, 6.07) is 75.9. The number of aryl methyl sites for hydroxylation is 6. The van der Waals surface area contributed by atoms with Gasteiger partial charge in [-0.05, 0) is 98.7 Å². The Labute approximate surface area is 522 Å². The van der Waals surface area contributed by atoms with Crippen molar-refractivity contribution < 1.29 is 42.1 Å². The van der Waals surface area contributed by atoms with Gasteiger partial charge in [0.1, 0.15) is 17.7 Å². The molecule has 0 unspecified atom stereocenters. The first-order valence-corrected chi connectivity index (χ1v) is 26.5. The van der Waals surface area contributed by atoms with Crippen molar-refractivity contribution >= 4 is 86.9 Å². The van der Waals surface area contributed by atoms with Crippen LogP contribution in [-0.4, -0.2) is 22.6 Å². The molecular formula is C70H58N12Pt2-6. The number of pyridine rings is 2. The summed E-state index contributed by atoms with van der Waals surface area (Å²) < 4.78 is 0. The molecule has 0 saturated heterocycles. The van der Waals surface area contributed by atoms with Crippen molar-refractivity contribution in [2.45, 2.75) is 41.5 Å². The average Bonchev–Trinajstić information content (AvgIpc) is 3.11. The number of hydrogen-bond acceptors (Lipinski definition) is 9. The monoisotopic (exact) mass is 1460 g/mol. The SMILES string of the molecule is C(=Nc1ccccc1)[N-]c1ccccc1.C(=Nc1ccccc1)[N-]c1ccccc1.Cc1cc(C)c(N2[CH-]N(c3[c-]cccc3)c3ncc(C#N)cc32)c(C)c1.[C-]#[N+]c1cnc2c(c1)N(c1c(C)cc(C)cc1C)[CH-]N2c1[c-]cccc1.[Pt].[Pt]. The summed E-state index contributed by atoms with van der Waals surface area (Å²) in [7, 11) is 0. The molecule has 0 N–H and O–H groups in total. The van der Waals surface area contributed by atoms with E-state index in [4.69, 9.17) is 6.57 Å². The normalized spacial score (nSPS) is 11.7. The predicted molar refractivity (Wildman–Crippen MR) is 337 cm³/mol. The van der Waals surface area contributed by atoms with Crippen LogP contribution < -0.4 is 19.6 Å². The molecule has 84 heavy (non-hydrogen) atoms. The summed E-state index contributed by atoms with van der Waals surface area (Å²) in [5.74, 6) is 1.60. The minimum atomic E-state index is 0. The van der Waals surface area contributed by atoms with Crippen molar-refractivity contribution in [3.63, 3.8) is 0 Å². The summed E-state index contributed by atoms with van der Waals surface area (Å²) in [6.07, 6.45) is 6.38. The number of nitriles is 1. The van der Waals surface area contributed by atoms with E-state index in [1.807, 2.05) is 205 Å². The third-order valence-electron chi connectivity index (χ3n) is 12.9. The van der Waals surface area contributed by atoms with E-state index in [1.54, 1.807) is 25.1 Å². The smallest absolute Gasteiger partial charge is 0.207 e. The summed E-state index contributed by atoms with van der Waals surface area (Å²) in [4.78, 5) is 29.4. The van der Waals surface area contributed by atoms with Crippen LogP contribution in [0.1, 0.15) is 38.9 Å². The van der Waals surface area contributed by atoms with Crippen molar-refractivity contribution in [1.82, 2.24) is 9.97 Å². The second-order valence-corrected chi connectivity index (χ2v) is 19.1. The van der Waals surface area contributed by atoms with Crippen LogP contribution in [0, 0.1) is 84.9 Å². The van der Waals surface area contributed by atoms with Gasteiger partial charge in [0, 0.05) is 71.6 Å². The van der Waals surface area contributed by atoms with Crippen LogP contribution in [0.15, 0.2) is 229 Å². The number of para-hydroxylation sites is 6. The van der Waals surface area contributed by atoms with E-state index in [0.717, 1.165) is 68.5 Å². The van der Waals surface area contributed by atoms with Gasteiger partial charge in [0.05, 0.1) is 17.8 Å². The molecule has 12 nitrogen and oxygen atoms in total. The number of hydrogen-bond donors (Lipinski definition) is 0. The molecule has 2 aliphatic heterocycles. The van der Waals surface area contributed by atoms with Gasteiger partial charge >= 0.3 is 0 Å². The summed E-state index contributed by atoms with van der Waals surface area (Å²) in [5.41, 5.74) is 17.8. The fourth-order valence-corrected chi connectivity index (χ4v) is 9.46. The van der Waals surface area contributed by atoms with E-state index in [9.17, 15) is 5.26 Å². The molecule has 10 aromatic rings. The molecule has 0 aliphatic carbocycles. The molecule has 2 aromatic heterocycles. The van der Waals surface area contributed by atoms with Gasteiger partial charge in [-0.3, -0.25) is 4.98 Å². The summed E-state index contributed by atoms with van der Waals surface area (Å²) in [6.45, 7) is 24.1. The van der Waals surface area contributed by atoms with Crippen LogP contribution in [0.5, 0.6) is 0 Å². The Bertz CT molecular complexity index is 3570. The Hall–Kier alpha value is -9.44. The van der Waals surface area contributed by atoms with E-state index >= 15 is 0 Å². The molecule has 8 aromatic carbocycles. The van der Waals surface area contributed by atoms with Crippen LogP contribution >= 0.6 is 0 Å². The molecule has 0 saturated carbocycles. The number of nitrogens with zero attached hydrogens (tertiary/aromatic N) is 12. The quantitative estimate of drug-likeness (QED) is 0.0760. The second kappa shape index (κ2) is 30.6. The average molecular weight is 1460 g/mol. The number of fused-ring (bicyclic) bond motifs is 2. The molecule has 424 valence electrons. The Morgan fingerprint density at radius 1 is 0.500 bits per heavy atom. The van der Waals surface area contributed by atoms with Gasteiger partial charge in [0.15, 0.2) is 0 Å². The van der Waals surface area contributed by atoms with Gasteiger partial charge in [0.2, 0.25) is 5.69 Å². The molecule has 14 heteroatoms. The Morgan fingerprint density at radius 2 is 0.881 bits per heavy atom. The zero-order valence-corrected chi connectivity index (χ0v) is 51.6. The van der Waals surface area contributed by atoms with Gasteiger partial charge in [-0.15, -0.1) is 24.7 Å².